The number of amides is 1. The summed E-state index contributed by atoms with van der Waals surface area (Å²) >= 11 is 6.23. The van der Waals surface area contributed by atoms with E-state index in [9.17, 15) is 4.79 Å². The number of halogens is 1. The standard InChI is InChI=1S/C13H18ClN3O2/c1-17(9-2-4-19-5-3-9)12-10(13(16)18)6-8(15)7-11(12)14/h6-7,9H,2-5,15H2,1H3,(H2,16,18). The molecule has 5 nitrogen and oxygen atoms in total. The Kier molecular flexibility index (Phi) is 4.17. The number of carbonyl (C=O) groups excluding carboxylic acids is 1. The Morgan fingerprint density at radius 2 is 2.05 bits per heavy atom. The molecule has 0 radical (unpaired) electrons. The Morgan fingerprint density at radius 3 is 2.63 bits per heavy atom. The summed E-state index contributed by atoms with van der Waals surface area (Å²) < 4.78 is 5.34. The van der Waals surface area contributed by atoms with Gasteiger partial charge in [0.25, 0.3) is 5.91 Å². The monoisotopic (exact) mass is 283 g/mol. The van der Waals surface area contributed by atoms with Crippen molar-refractivity contribution in [3.05, 3.63) is 22.7 Å². The summed E-state index contributed by atoms with van der Waals surface area (Å²) in [5.41, 5.74) is 12.6. The van der Waals surface area contributed by atoms with Crippen LogP contribution in [0.3, 0.4) is 0 Å². The minimum absolute atomic E-state index is 0.285. The van der Waals surface area contributed by atoms with E-state index >= 15 is 0 Å². The third-order valence-electron chi connectivity index (χ3n) is 3.44. The van der Waals surface area contributed by atoms with E-state index in [0.717, 1.165) is 12.8 Å². The molecule has 1 fully saturated rings. The molecular formula is C13H18ClN3O2. The number of hydrogen-bond acceptors (Lipinski definition) is 4. The highest BCUT2D eigenvalue weighted by Gasteiger charge is 2.24. The van der Waals surface area contributed by atoms with Gasteiger partial charge in [-0.3, -0.25) is 4.79 Å². The van der Waals surface area contributed by atoms with E-state index in [1.54, 1.807) is 12.1 Å². The molecule has 19 heavy (non-hydrogen) atoms. The number of hydrogen-bond donors (Lipinski definition) is 2. The van der Waals surface area contributed by atoms with Crippen LogP contribution in [0.15, 0.2) is 12.1 Å². The van der Waals surface area contributed by atoms with Gasteiger partial charge < -0.3 is 21.1 Å². The van der Waals surface area contributed by atoms with Crippen LogP contribution in [-0.2, 0) is 4.74 Å². The molecule has 104 valence electrons. The SMILES string of the molecule is CN(c1c(Cl)cc(N)cc1C(N)=O)C1CCOCC1. The summed E-state index contributed by atoms with van der Waals surface area (Å²) in [6.45, 7) is 1.43. The molecule has 6 heteroatoms. The molecule has 0 spiro atoms. The largest absolute Gasteiger partial charge is 0.399 e. The third-order valence-corrected chi connectivity index (χ3v) is 3.73. The third kappa shape index (κ3) is 2.93. The van der Waals surface area contributed by atoms with Gasteiger partial charge in [-0.1, -0.05) is 11.6 Å². The van der Waals surface area contributed by atoms with Crippen molar-refractivity contribution in [1.82, 2.24) is 0 Å². The number of nitrogens with two attached hydrogens (primary N) is 2. The van der Waals surface area contributed by atoms with Crippen LogP contribution in [0.5, 0.6) is 0 Å². The molecule has 1 amide bonds. The molecule has 1 aliphatic heterocycles. The lowest BCUT2D eigenvalue weighted by atomic mass is 10.0. The molecule has 4 N–H and O–H groups in total. The van der Waals surface area contributed by atoms with Gasteiger partial charge in [0.1, 0.15) is 0 Å². The molecule has 1 aromatic carbocycles. The van der Waals surface area contributed by atoms with E-state index in [1.807, 2.05) is 11.9 Å². The molecule has 0 aliphatic carbocycles. The van der Waals surface area contributed by atoms with Gasteiger partial charge in [0.15, 0.2) is 0 Å². The lowest BCUT2D eigenvalue weighted by Gasteiger charge is -2.34. The normalized spacial score (nSPS) is 16.3. The highest BCUT2D eigenvalue weighted by Crippen LogP contribution is 2.34. The first-order valence-electron chi connectivity index (χ1n) is 6.20. The molecule has 0 atom stereocenters. The maximum atomic E-state index is 11.6. The zero-order chi connectivity index (χ0) is 14.0. The Labute approximate surface area is 117 Å². The Hall–Kier alpha value is -1.46. The van der Waals surface area contributed by atoms with E-state index < -0.39 is 5.91 Å². The maximum absolute atomic E-state index is 11.6. The number of nitrogen functional groups attached to an aromatic ring is 1. The molecule has 1 saturated heterocycles. The van der Waals surface area contributed by atoms with Crippen molar-refractivity contribution in [3.8, 4) is 0 Å². The topological polar surface area (TPSA) is 81.6 Å². The average molecular weight is 284 g/mol. The molecule has 0 unspecified atom stereocenters. The number of carbonyl (C=O) groups is 1. The fourth-order valence-electron chi connectivity index (χ4n) is 2.42. The Balaban J connectivity index is 2.39. The second kappa shape index (κ2) is 5.67. The van der Waals surface area contributed by atoms with Gasteiger partial charge in [-0.25, -0.2) is 0 Å². The average Bonchev–Trinajstić information content (AvgIpc) is 2.38. The minimum Gasteiger partial charge on any atom is -0.399 e. The van der Waals surface area contributed by atoms with Gasteiger partial charge in [-0.15, -0.1) is 0 Å². The minimum atomic E-state index is -0.525. The van der Waals surface area contributed by atoms with Crippen molar-refractivity contribution in [2.24, 2.45) is 5.73 Å². The number of anilines is 2. The second-order valence-corrected chi connectivity index (χ2v) is 5.12. The predicted molar refractivity (Wildman–Crippen MR) is 76.6 cm³/mol. The molecule has 0 aromatic heterocycles. The summed E-state index contributed by atoms with van der Waals surface area (Å²) in [6.07, 6.45) is 1.80. The van der Waals surface area contributed by atoms with Crippen LogP contribution in [0.1, 0.15) is 23.2 Å². The number of primary amides is 1. The second-order valence-electron chi connectivity index (χ2n) is 4.72. The lowest BCUT2D eigenvalue weighted by Crippen LogP contribution is -2.38. The van der Waals surface area contributed by atoms with Crippen molar-refractivity contribution in [1.29, 1.82) is 0 Å². The van der Waals surface area contributed by atoms with Crippen LogP contribution in [0.2, 0.25) is 5.02 Å². The van der Waals surface area contributed by atoms with Crippen LogP contribution < -0.4 is 16.4 Å². The number of nitrogens with zero attached hydrogens (tertiary/aromatic N) is 1. The molecule has 0 bridgehead atoms. The lowest BCUT2D eigenvalue weighted by molar-refractivity contribution is 0.0854. The van der Waals surface area contributed by atoms with Crippen molar-refractivity contribution < 1.29 is 9.53 Å². The summed E-state index contributed by atoms with van der Waals surface area (Å²) in [5.74, 6) is -0.525. The summed E-state index contributed by atoms with van der Waals surface area (Å²) in [4.78, 5) is 13.6. The van der Waals surface area contributed by atoms with Gasteiger partial charge in [-0.2, -0.15) is 0 Å². The van der Waals surface area contributed by atoms with E-state index in [-0.39, 0.29) is 6.04 Å². The smallest absolute Gasteiger partial charge is 0.250 e. The zero-order valence-corrected chi connectivity index (χ0v) is 11.6. The van der Waals surface area contributed by atoms with E-state index in [0.29, 0.717) is 35.2 Å². The first-order valence-corrected chi connectivity index (χ1v) is 6.58. The van der Waals surface area contributed by atoms with Crippen molar-refractivity contribution in [2.75, 3.05) is 30.9 Å². The summed E-state index contributed by atoms with van der Waals surface area (Å²) in [7, 11) is 1.92. The van der Waals surface area contributed by atoms with E-state index in [4.69, 9.17) is 27.8 Å². The predicted octanol–water partition coefficient (Wildman–Crippen LogP) is 1.64. The summed E-state index contributed by atoms with van der Waals surface area (Å²) in [5, 5.41) is 0.447. The van der Waals surface area contributed by atoms with E-state index in [1.165, 1.54) is 0 Å². The van der Waals surface area contributed by atoms with Crippen LogP contribution in [0, 0.1) is 0 Å². The van der Waals surface area contributed by atoms with Gasteiger partial charge in [-0.05, 0) is 25.0 Å². The fraction of sp³-hybridized carbons (Fsp3) is 0.462. The van der Waals surface area contributed by atoms with Crippen LogP contribution in [0.4, 0.5) is 11.4 Å². The highest BCUT2D eigenvalue weighted by atomic mass is 35.5. The number of rotatable bonds is 3. The Bertz CT molecular complexity index is 487. The van der Waals surface area contributed by atoms with Crippen LogP contribution in [0.25, 0.3) is 0 Å². The molecule has 0 saturated carbocycles. The van der Waals surface area contributed by atoms with Crippen molar-refractivity contribution in [3.63, 3.8) is 0 Å². The van der Waals surface area contributed by atoms with Crippen molar-refractivity contribution in [2.45, 2.75) is 18.9 Å². The summed E-state index contributed by atoms with van der Waals surface area (Å²) in [6, 6.07) is 3.49. The molecule has 1 aromatic rings. The highest BCUT2D eigenvalue weighted by molar-refractivity contribution is 6.34. The fourth-order valence-corrected chi connectivity index (χ4v) is 2.78. The Morgan fingerprint density at radius 1 is 1.42 bits per heavy atom. The number of benzene rings is 1. The molecule has 1 aliphatic rings. The van der Waals surface area contributed by atoms with Gasteiger partial charge >= 0.3 is 0 Å². The quantitative estimate of drug-likeness (QED) is 0.826. The molecular weight excluding hydrogens is 266 g/mol. The van der Waals surface area contributed by atoms with Crippen LogP contribution >= 0.6 is 11.6 Å². The first kappa shape index (κ1) is 14.0. The van der Waals surface area contributed by atoms with E-state index in [2.05, 4.69) is 0 Å². The first-order chi connectivity index (χ1) is 9.00. The zero-order valence-electron chi connectivity index (χ0n) is 10.9. The molecule has 2 rings (SSSR count). The number of ether oxygens (including phenoxy) is 1. The van der Waals surface area contributed by atoms with Gasteiger partial charge in [0, 0.05) is 32.0 Å². The van der Waals surface area contributed by atoms with Gasteiger partial charge in [0.05, 0.1) is 16.3 Å². The molecule has 1 heterocycles. The van der Waals surface area contributed by atoms with Crippen LogP contribution in [-0.4, -0.2) is 32.2 Å². The van der Waals surface area contributed by atoms with Crippen molar-refractivity contribution >= 4 is 28.9 Å². The maximum Gasteiger partial charge on any atom is 0.250 e. The van der Waals surface area contributed by atoms with Gasteiger partial charge in [0.2, 0.25) is 0 Å².